The molecular weight excluding hydrogens is 367 g/mol. The van der Waals surface area contributed by atoms with Gasteiger partial charge in [0.25, 0.3) is 11.6 Å². The van der Waals surface area contributed by atoms with E-state index in [2.05, 4.69) is 5.32 Å². The number of amides is 1. The molecule has 0 saturated carbocycles. The number of hydrogen-bond acceptors (Lipinski definition) is 4. The van der Waals surface area contributed by atoms with Crippen LogP contribution in [0.5, 0.6) is 5.75 Å². The van der Waals surface area contributed by atoms with Crippen molar-refractivity contribution in [2.24, 2.45) is 0 Å². The number of halogens is 3. The summed E-state index contributed by atoms with van der Waals surface area (Å²) in [7, 11) is 0. The van der Waals surface area contributed by atoms with E-state index in [0.29, 0.717) is 5.02 Å². The van der Waals surface area contributed by atoms with Crippen molar-refractivity contribution >= 4 is 52.1 Å². The maximum Gasteiger partial charge on any atom is 0.273 e. The van der Waals surface area contributed by atoms with Gasteiger partial charge in [0.1, 0.15) is 5.75 Å². The van der Waals surface area contributed by atoms with Crippen LogP contribution >= 0.6 is 34.8 Å². The Morgan fingerprint density at radius 2 is 1.83 bits per heavy atom. The Hall–Kier alpha value is -2.02. The lowest BCUT2D eigenvalue weighted by Gasteiger charge is -2.10. The highest BCUT2D eigenvalue weighted by Gasteiger charge is 2.13. The first-order chi connectivity index (χ1) is 10.9. The number of anilines is 1. The number of carbonyl (C=O) groups is 1. The molecule has 0 aliphatic heterocycles. The van der Waals surface area contributed by atoms with Gasteiger partial charge in [0, 0.05) is 11.1 Å². The molecule has 0 aliphatic carbocycles. The molecule has 2 aromatic rings. The van der Waals surface area contributed by atoms with E-state index in [1.807, 2.05) is 0 Å². The van der Waals surface area contributed by atoms with E-state index in [9.17, 15) is 14.9 Å². The van der Waals surface area contributed by atoms with E-state index < -0.39 is 10.8 Å². The first-order valence-corrected chi connectivity index (χ1v) is 7.32. The minimum Gasteiger partial charge on any atom is -0.484 e. The highest BCUT2D eigenvalue weighted by molar-refractivity contribution is 6.42. The van der Waals surface area contributed by atoms with Crippen LogP contribution in [0.1, 0.15) is 0 Å². The number of ether oxygens (including phenoxy) is 1. The van der Waals surface area contributed by atoms with Crippen LogP contribution in [0, 0.1) is 10.1 Å². The summed E-state index contributed by atoms with van der Waals surface area (Å²) < 4.78 is 5.21. The van der Waals surface area contributed by atoms with Crippen molar-refractivity contribution in [3.63, 3.8) is 0 Å². The molecule has 0 saturated heterocycles. The van der Waals surface area contributed by atoms with Gasteiger partial charge in [-0.2, -0.15) is 0 Å². The molecule has 0 bridgehead atoms. The fourth-order valence-corrected chi connectivity index (χ4v) is 2.58. The molecule has 23 heavy (non-hydrogen) atoms. The van der Waals surface area contributed by atoms with Gasteiger partial charge in [0.05, 0.1) is 26.7 Å². The van der Waals surface area contributed by atoms with Crippen LogP contribution in [0.25, 0.3) is 0 Å². The number of nitrogens with zero attached hydrogens (tertiary/aromatic N) is 1. The average molecular weight is 376 g/mol. The van der Waals surface area contributed by atoms with Crippen LogP contribution in [0.2, 0.25) is 15.1 Å². The molecule has 9 heteroatoms. The lowest BCUT2D eigenvalue weighted by Crippen LogP contribution is -2.20. The zero-order chi connectivity index (χ0) is 17.0. The molecule has 2 aromatic carbocycles. The second-order valence-electron chi connectivity index (χ2n) is 4.34. The SMILES string of the molecule is O=C(COc1cccc([N+](=O)[O-])c1)Nc1c(Cl)cc(Cl)cc1Cl. The number of hydrogen-bond donors (Lipinski definition) is 1. The van der Waals surface area contributed by atoms with Gasteiger partial charge in [0.15, 0.2) is 6.61 Å². The third kappa shape index (κ3) is 4.72. The van der Waals surface area contributed by atoms with Crippen molar-refractivity contribution in [1.82, 2.24) is 0 Å². The quantitative estimate of drug-likeness (QED) is 0.613. The topological polar surface area (TPSA) is 81.5 Å². The van der Waals surface area contributed by atoms with Crippen molar-refractivity contribution in [2.45, 2.75) is 0 Å². The minimum absolute atomic E-state index is 0.133. The predicted octanol–water partition coefficient (Wildman–Crippen LogP) is 4.57. The molecule has 1 N–H and O–H groups in total. The monoisotopic (exact) mass is 374 g/mol. The van der Waals surface area contributed by atoms with Gasteiger partial charge in [-0.1, -0.05) is 40.9 Å². The summed E-state index contributed by atoms with van der Waals surface area (Å²) in [5.74, 6) is -0.328. The Morgan fingerprint density at radius 3 is 2.43 bits per heavy atom. The number of nitrogens with one attached hydrogen (secondary N) is 1. The Labute approximate surface area is 146 Å². The smallest absolute Gasteiger partial charge is 0.273 e. The van der Waals surface area contributed by atoms with Gasteiger partial charge in [-0.05, 0) is 18.2 Å². The van der Waals surface area contributed by atoms with Crippen LogP contribution < -0.4 is 10.1 Å². The lowest BCUT2D eigenvalue weighted by atomic mass is 10.3. The van der Waals surface area contributed by atoms with Crippen molar-refractivity contribution in [3.05, 3.63) is 61.6 Å². The molecule has 0 spiro atoms. The summed E-state index contributed by atoms with van der Waals surface area (Å²) in [5, 5.41) is 13.9. The summed E-state index contributed by atoms with van der Waals surface area (Å²) in [6, 6.07) is 8.37. The summed E-state index contributed by atoms with van der Waals surface area (Å²) >= 11 is 17.7. The Kier molecular flexibility index (Phi) is 5.65. The molecule has 2 rings (SSSR count). The number of rotatable bonds is 5. The molecule has 0 heterocycles. The number of benzene rings is 2. The third-order valence-corrected chi connectivity index (χ3v) is 3.48. The highest BCUT2D eigenvalue weighted by atomic mass is 35.5. The zero-order valence-electron chi connectivity index (χ0n) is 11.4. The van der Waals surface area contributed by atoms with Crippen LogP contribution in [0.15, 0.2) is 36.4 Å². The van der Waals surface area contributed by atoms with Gasteiger partial charge in [0.2, 0.25) is 0 Å². The average Bonchev–Trinajstić information content (AvgIpc) is 2.49. The van der Waals surface area contributed by atoms with Gasteiger partial charge in [-0.15, -0.1) is 0 Å². The fraction of sp³-hybridized carbons (Fsp3) is 0.0714. The molecule has 0 aromatic heterocycles. The molecule has 0 unspecified atom stereocenters. The molecule has 0 aliphatic rings. The van der Waals surface area contributed by atoms with E-state index in [1.165, 1.54) is 36.4 Å². The third-order valence-electron chi connectivity index (χ3n) is 2.67. The number of nitro benzene ring substituents is 1. The summed E-state index contributed by atoms with van der Waals surface area (Å²) in [5.41, 5.74) is 0.0806. The summed E-state index contributed by atoms with van der Waals surface area (Å²) in [6.45, 7) is -0.365. The van der Waals surface area contributed by atoms with E-state index in [4.69, 9.17) is 39.5 Å². The zero-order valence-corrected chi connectivity index (χ0v) is 13.7. The Balaban J connectivity index is 2.01. The number of carbonyl (C=O) groups excluding carboxylic acids is 1. The van der Waals surface area contributed by atoms with E-state index >= 15 is 0 Å². The highest BCUT2D eigenvalue weighted by Crippen LogP contribution is 2.33. The van der Waals surface area contributed by atoms with Crippen LogP contribution in [-0.2, 0) is 4.79 Å². The van der Waals surface area contributed by atoms with Crippen LogP contribution in [0.4, 0.5) is 11.4 Å². The van der Waals surface area contributed by atoms with Crippen molar-refractivity contribution in [3.8, 4) is 5.75 Å². The fourth-order valence-electron chi connectivity index (χ4n) is 1.67. The molecular formula is C14H9Cl3N2O4. The maximum absolute atomic E-state index is 11.9. The van der Waals surface area contributed by atoms with E-state index in [-0.39, 0.29) is 33.8 Å². The second-order valence-corrected chi connectivity index (χ2v) is 5.59. The minimum atomic E-state index is -0.555. The molecule has 0 fully saturated rings. The van der Waals surface area contributed by atoms with Gasteiger partial charge >= 0.3 is 0 Å². The summed E-state index contributed by atoms with van der Waals surface area (Å²) in [6.07, 6.45) is 0. The number of non-ortho nitro benzene ring substituents is 1. The molecule has 6 nitrogen and oxygen atoms in total. The van der Waals surface area contributed by atoms with Gasteiger partial charge < -0.3 is 10.1 Å². The standard InChI is InChI=1S/C14H9Cl3N2O4/c15-8-4-11(16)14(12(17)5-8)18-13(20)7-23-10-3-1-2-9(6-10)19(21)22/h1-6H,7H2,(H,18,20). The summed E-state index contributed by atoms with van der Waals surface area (Å²) in [4.78, 5) is 22.0. The molecule has 1 amide bonds. The Bertz CT molecular complexity index is 744. The van der Waals surface area contributed by atoms with Crippen LogP contribution in [0.3, 0.4) is 0 Å². The maximum atomic E-state index is 11.9. The normalized spacial score (nSPS) is 10.2. The second kappa shape index (κ2) is 7.50. The van der Waals surface area contributed by atoms with Crippen molar-refractivity contribution in [2.75, 3.05) is 11.9 Å². The first kappa shape index (κ1) is 17.3. The predicted molar refractivity (Wildman–Crippen MR) is 88.7 cm³/mol. The van der Waals surface area contributed by atoms with E-state index in [0.717, 1.165) is 0 Å². The molecule has 0 radical (unpaired) electrons. The van der Waals surface area contributed by atoms with Crippen molar-refractivity contribution in [1.29, 1.82) is 0 Å². The molecule has 120 valence electrons. The Morgan fingerprint density at radius 1 is 1.17 bits per heavy atom. The van der Waals surface area contributed by atoms with Gasteiger partial charge in [-0.3, -0.25) is 14.9 Å². The van der Waals surface area contributed by atoms with Gasteiger partial charge in [-0.25, -0.2) is 0 Å². The van der Waals surface area contributed by atoms with Crippen LogP contribution in [-0.4, -0.2) is 17.4 Å². The van der Waals surface area contributed by atoms with E-state index in [1.54, 1.807) is 0 Å². The molecule has 0 atom stereocenters. The lowest BCUT2D eigenvalue weighted by molar-refractivity contribution is -0.384. The number of nitro groups is 1. The first-order valence-electron chi connectivity index (χ1n) is 6.18. The van der Waals surface area contributed by atoms with Crippen molar-refractivity contribution < 1.29 is 14.5 Å². The largest absolute Gasteiger partial charge is 0.484 e.